The van der Waals surface area contributed by atoms with Gasteiger partial charge in [-0.2, -0.15) is 0 Å². The number of hydrogen-bond donors (Lipinski definition) is 2. The minimum atomic E-state index is -0.161. The van der Waals surface area contributed by atoms with Crippen LogP contribution in [-0.2, 0) is 11.3 Å². The summed E-state index contributed by atoms with van der Waals surface area (Å²) in [6.45, 7) is 1.79. The maximum absolute atomic E-state index is 11.2. The smallest absolute Gasteiger partial charge is 0.221 e. The van der Waals surface area contributed by atoms with Gasteiger partial charge in [0.1, 0.15) is 5.75 Å². The highest BCUT2D eigenvalue weighted by molar-refractivity contribution is 6.30. The Hall–Kier alpha value is -2.04. The fourth-order valence-corrected chi connectivity index (χ4v) is 1.92. The number of rotatable bonds is 4. The normalized spacial score (nSPS) is 10.2. The molecule has 0 bridgehead atoms. The molecule has 0 heterocycles. The molecular formula is C15H15ClN2O2. The van der Waals surface area contributed by atoms with E-state index < -0.39 is 0 Å². The standard InChI is InChI=1S/C15H15ClN2O2/c1-10(19)18-13-4-2-3-5-14(13)20-15-8-12(16)7-6-11(15)9-17/h2-8H,9,17H2,1H3,(H,18,19). The number of amides is 1. The second-order valence-corrected chi connectivity index (χ2v) is 4.67. The summed E-state index contributed by atoms with van der Waals surface area (Å²) >= 11 is 5.97. The number of benzene rings is 2. The molecule has 0 radical (unpaired) electrons. The minimum absolute atomic E-state index is 0.161. The van der Waals surface area contributed by atoms with E-state index in [4.69, 9.17) is 22.1 Å². The molecule has 0 aliphatic heterocycles. The number of anilines is 1. The lowest BCUT2D eigenvalue weighted by Gasteiger charge is -2.14. The maximum Gasteiger partial charge on any atom is 0.221 e. The van der Waals surface area contributed by atoms with E-state index in [1.165, 1.54) is 6.92 Å². The van der Waals surface area contributed by atoms with E-state index in [1.54, 1.807) is 24.3 Å². The Balaban J connectivity index is 2.34. The lowest BCUT2D eigenvalue weighted by molar-refractivity contribution is -0.114. The molecule has 1 amide bonds. The topological polar surface area (TPSA) is 64.3 Å². The summed E-state index contributed by atoms with van der Waals surface area (Å²) in [5, 5.41) is 3.28. The molecule has 0 saturated heterocycles. The third kappa shape index (κ3) is 3.50. The van der Waals surface area contributed by atoms with Crippen molar-refractivity contribution in [3.05, 3.63) is 53.1 Å². The zero-order chi connectivity index (χ0) is 14.5. The van der Waals surface area contributed by atoms with E-state index >= 15 is 0 Å². The van der Waals surface area contributed by atoms with Crippen LogP contribution in [0.1, 0.15) is 12.5 Å². The van der Waals surface area contributed by atoms with E-state index in [0.29, 0.717) is 28.8 Å². The Morgan fingerprint density at radius 3 is 2.70 bits per heavy atom. The molecule has 0 aliphatic rings. The summed E-state index contributed by atoms with van der Waals surface area (Å²) in [7, 11) is 0. The van der Waals surface area contributed by atoms with Crippen molar-refractivity contribution >= 4 is 23.2 Å². The predicted octanol–water partition coefficient (Wildman–Crippen LogP) is 3.55. The van der Waals surface area contributed by atoms with Gasteiger partial charge in [0, 0.05) is 24.1 Å². The summed E-state index contributed by atoms with van der Waals surface area (Å²) in [6, 6.07) is 12.5. The Kier molecular flexibility index (Phi) is 4.61. The number of carbonyl (C=O) groups excluding carboxylic acids is 1. The molecule has 5 heteroatoms. The molecule has 20 heavy (non-hydrogen) atoms. The second kappa shape index (κ2) is 6.41. The van der Waals surface area contributed by atoms with Crippen LogP contribution >= 0.6 is 11.6 Å². The van der Waals surface area contributed by atoms with E-state index in [-0.39, 0.29) is 5.91 Å². The van der Waals surface area contributed by atoms with Gasteiger partial charge < -0.3 is 15.8 Å². The summed E-state index contributed by atoms with van der Waals surface area (Å²) in [5.41, 5.74) is 7.12. The molecule has 104 valence electrons. The van der Waals surface area contributed by atoms with Crippen molar-refractivity contribution in [1.82, 2.24) is 0 Å². The zero-order valence-electron chi connectivity index (χ0n) is 11.0. The lowest BCUT2D eigenvalue weighted by Crippen LogP contribution is -2.07. The lowest BCUT2D eigenvalue weighted by atomic mass is 10.2. The monoisotopic (exact) mass is 290 g/mol. The summed E-state index contributed by atoms with van der Waals surface area (Å²) < 4.78 is 5.83. The Bertz CT molecular complexity index is 629. The van der Waals surface area contributed by atoms with Gasteiger partial charge in [-0.15, -0.1) is 0 Å². The summed E-state index contributed by atoms with van der Waals surface area (Å²) in [5.74, 6) is 0.962. The highest BCUT2D eigenvalue weighted by Gasteiger charge is 2.09. The molecule has 2 aromatic rings. The van der Waals surface area contributed by atoms with Crippen molar-refractivity contribution in [2.24, 2.45) is 5.73 Å². The average Bonchev–Trinajstić information content (AvgIpc) is 2.41. The first-order valence-corrected chi connectivity index (χ1v) is 6.51. The number of hydrogen-bond acceptors (Lipinski definition) is 3. The zero-order valence-corrected chi connectivity index (χ0v) is 11.8. The third-order valence-corrected chi connectivity index (χ3v) is 2.90. The van der Waals surface area contributed by atoms with Crippen LogP contribution in [0.4, 0.5) is 5.69 Å². The Labute approximate surface area is 122 Å². The molecular weight excluding hydrogens is 276 g/mol. The predicted molar refractivity (Wildman–Crippen MR) is 80.2 cm³/mol. The first-order chi connectivity index (χ1) is 9.60. The number of carbonyl (C=O) groups is 1. The summed E-state index contributed by atoms with van der Waals surface area (Å²) in [4.78, 5) is 11.2. The maximum atomic E-state index is 11.2. The molecule has 3 N–H and O–H groups in total. The molecule has 4 nitrogen and oxygen atoms in total. The largest absolute Gasteiger partial charge is 0.455 e. The van der Waals surface area contributed by atoms with Crippen LogP contribution in [0.5, 0.6) is 11.5 Å². The van der Waals surface area contributed by atoms with E-state index in [2.05, 4.69) is 5.32 Å². The van der Waals surface area contributed by atoms with Crippen LogP contribution in [0.3, 0.4) is 0 Å². The molecule has 2 aromatic carbocycles. The van der Waals surface area contributed by atoms with Crippen LogP contribution in [0, 0.1) is 0 Å². The molecule has 0 aliphatic carbocycles. The average molecular weight is 291 g/mol. The number of halogens is 1. The van der Waals surface area contributed by atoms with Gasteiger partial charge in [0.2, 0.25) is 5.91 Å². The van der Waals surface area contributed by atoms with Crippen LogP contribution in [0.15, 0.2) is 42.5 Å². The van der Waals surface area contributed by atoms with Crippen molar-refractivity contribution in [2.75, 3.05) is 5.32 Å². The summed E-state index contributed by atoms with van der Waals surface area (Å²) in [6.07, 6.45) is 0. The van der Waals surface area contributed by atoms with E-state index in [1.807, 2.05) is 18.2 Å². The van der Waals surface area contributed by atoms with Gasteiger partial charge >= 0.3 is 0 Å². The van der Waals surface area contributed by atoms with Gasteiger partial charge in [-0.3, -0.25) is 4.79 Å². The van der Waals surface area contributed by atoms with E-state index in [0.717, 1.165) is 5.56 Å². The van der Waals surface area contributed by atoms with Crippen molar-refractivity contribution < 1.29 is 9.53 Å². The van der Waals surface area contributed by atoms with E-state index in [9.17, 15) is 4.79 Å². The van der Waals surface area contributed by atoms with Gasteiger partial charge in [0.25, 0.3) is 0 Å². The number of ether oxygens (including phenoxy) is 1. The highest BCUT2D eigenvalue weighted by Crippen LogP contribution is 2.32. The third-order valence-electron chi connectivity index (χ3n) is 2.67. The second-order valence-electron chi connectivity index (χ2n) is 4.24. The fourth-order valence-electron chi connectivity index (χ4n) is 1.76. The van der Waals surface area contributed by atoms with Crippen LogP contribution in [0.2, 0.25) is 5.02 Å². The molecule has 0 spiro atoms. The van der Waals surface area contributed by atoms with Crippen LogP contribution in [0.25, 0.3) is 0 Å². The van der Waals surface area contributed by atoms with Gasteiger partial charge in [0.15, 0.2) is 5.75 Å². The van der Waals surface area contributed by atoms with Gasteiger partial charge in [0.05, 0.1) is 5.69 Å². The molecule has 2 rings (SSSR count). The number of nitrogens with one attached hydrogen (secondary N) is 1. The quantitative estimate of drug-likeness (QED) is 0.905. The number of nitrogens with two attached hydrogens (primary N) is 1. The SMILES string of the molecule is CC(=O)Nc1ccccc1Oc1cc(Cl)ccc1CN. The van der Waals surface area contributed by atoms with Crippen molar-refractivity contribution in [3.8, 4) is 11.5 Å². The minimum Gasteiger partial charge on any atom is -0.455 e. The first kappa shape index (κ1) is 14.4. The molecule has 0 saturated carbocycles. The first-order valence-electron chi connectivity index (χ1n) is 6.13. The molecule has 0 fully saturated rings. The van der Waals surface area contributed by atoms with Crippen molar-refractivity contribution in [3.63, 3.8) is 0 Å². The Morgan fingerprint density at radius 1 is 1.25 bits per heavy atom. The van der Waals surface area contributed by atoms with Crippen LogP contribution in [-0.4, -0.2) is 5.91 Å². The fraction of sp³-hybridized carbons (Fsp3) is 0.133. The van der Waals surface area contributed by atoms with Gasteiger partial charge in [-0.25, -0.2) is 0 Å². The van der Waals surface area contributed by atoms with Crippen molar-refractivity contribution in [2.45, 2.75) is 13.5 Å². The van der Waals surface area contributed by atoms with Gasteiger partial charge in [-0.1, -0.05) is 29.8 Å². The Morgan fingerprint density at radius 2 is 2.00 bits per heavy atom. The molecule has 0 unspecified atom stereocenters. The van der Waals surface area contributed by atoms with Crippen molar-refractivity contribution in [1.29, 1.82) is 0 Å². The molecule has 0 atom stereocenters. The van der Waals surface area contributed by atoms with Gasteiger partial charge in [-0.05, 0) is 24.3 Å². The molecule has 0 aromatic heterocycles. The highest BCUT2D eigenvalue weighted by atomic mass is 35.5. The number of para-hydroxylation sites is 2. The van der Waals surface area contributed by atoms with Crippen LogP contribution < -0.4 is 15.8 Å².